The highest BCUT2D eigenvalue weighted by Gasteiger charge is 2.35. The van der Waals surface area contributed by atoms with E-state index in [2.05, 4.69) is 4.57 Å². The van der Waals surface area contributed by atoms with Gasteiger partial charge in [-0.25, -0.2) is 0 Å². The van der Waals surface area contributed by atoms with Crippen LogP contribution in [0, 0.1) is 13.8 Å². The number of carbonyl (C=O) groups excluding carboxylic acids is 2. The maximum absolute atomic E-state index is 13.2. The van der Waals surface area contributed by atoms with Crippen molar-refractivity contribution >= 4 is 51.4 Å². The fourth-order valence-corrected chi connectivity index (χ4v) is 5.25. The molecule has 4 aromatic rings. The SMILES string of the molecule is Cc1cc(/C=C2\SC(=O)N(Cc3cccc4ccccc34)C2=O)c(C)n1-c1ccc(Cl)cc1. The van der Waals surface area contributed by atoms with E-state index in [0.29, 0.717) is 9.93 Å². The van der Waals surface area contributed by atoms with Gasteiger partial charge in [0, 0.05) is 22.1 Å². The molecule has 0 saturated carbocycles. The number of halogens is 1. The average Bonchev–Trinajstić information content (AvgIpc) is 3.24. The zero-order valence-electron chi connectivity index (χ0n) is 18.2. The average molecular weight is 473 g/mol. The van der Waals surface area contributed by atoms with Crippen LogP contribution in [0.3, 0.4) is 0 Å². The van der Waals surface area contributed by atoms with Crippen molar-refractivity contribution in [3.63, 3.8) is 0 Å². The molecule has 6 heteroatoms. The maximum atomic E-state index is 13.2. The van der Waals surface area contributed by atoms with E-state index in [1.165, 1.54) is 4.90 Å². The van der Waals surface area contributed by atoms with Gasteiger partial charge in [0.1, 0.15) is 0 Å². The van der Waals surface area contributed by atoms with E-state index in [1.807, 2.05) is 92.7 Å². The predicted molar refractivity (Wildman–Crippen MR) is 136 cm³/mol. The number of carbonyl (C=O) groups is 2. The second kappa shape index (κ2) is 8.58. The van der Waals surface area contributed by atoms with Crippen LogP contribution in [0.5, 0.6) is 0 Å². The van der Waals surface area contributed by atoms with Gasteiger partial charge in [-0.1, -0.05) is 54.1 Å². The first-order valence-corrected chi connectivity index (χ1v) is 11.8. The Morgan fingerprint density at radius 1 is 0.939 bits per heavy atom. The lowest BCUT2D eigenvalue weighted by Gasteiger charge is -2.14. The highest BCUT2D eigenvalue weighted by molar-refractivity contribution is 8.18. The molecule has 3 aromatic carbocycles. The van der Waals surface area contributed by atoms with Crippen LogP contribution in [-0.2, 0) is 11.3 Å². The summed E-state index contributed by atoms with van der Waals surface area (Å²) in [6.07, 6.45) is 1.82. The van der Waals surface area contributed by atoms with Crippen LogP contribution in [0.1, 0.15) is 22.5 Å². The normalized spacial score (nSPS) is 15.2. The van der Waals surface area contributed by atoms with Crippen LogP contribution in [0.25, 0.3) is 22.5 Å². The van der Waals surface area contributed by atoms with Crippen LogP contribution in [-0.4, -0.2) is 20.6 Å². The molecule has 2 amide bonds. The van der Waals surface area contributed by atoms with E-state index in [9.17, 15) is 9.59 Å². The molecule has 0 aliphatic carbocycles. The van der Waals surface area contributed by atoms with Crippen LogP contribution >= 0.6 is 23.4 Å². The summed E-state index contributed by atoms with van der Waals surface area (Å²) in [5.41, 5.74) is 4.90. The first-order valence-electron chi connectivity index (χ1n) is 10.6. The van der Waals surface area contributed by atoms with Crippen molar-refractivity contribution in [2.75, 3.05) is 0 Å². The zero-order valence-corrected chi connectivity index (χ0v) is 19.8. The van der Waals surface area contributed by atoms with E-state index in [4.69, 9.17) is 11.6 Å². The van der Waals surface area contributed by atoms with Gasteiger partial charge in [0.25, 0.3) is 11.1 Å². The molecule has 2 heterocycles. The Labute approximate surface area is 201 Å². The Morgan fingerprint density at radius 2 is 1.67 bits per heavy atom. The Kier molecular flexibility index (Phi) is 5.60. The summed E-state index contributed by atoms with van der Waals surface area (Å²) in [4.78, 5) is 27.7. The quantitative estimate of drug-likeness (QED) is 0.296. The maximum Gasteiger partial charge on any atom is 0.293 e. The minimum atomic E-state index is -0.255. The summed E-state index contributed by atoms with van der Waals surface area (Å²) >= 11 is 7.03. The molecule has 5 rings (SSSR count). The summed E-state index contributed by atoms with van der Waals surface area (Å²) in [7, 11) is 0. The molecule has 1 aliphatic rings. The summed E-state index contributed by atoms with van der Waals surface area (Å²) < 4.78 is 2.11. The number of fused-ring (bicyclic) bond motifs is 1. The third-order valence-corrected chi connectivity index (χ3v) is 7.08. The second-order valence-corrected chi connectivity index (χ2v) is 9.47. The molecule has 0 radical (unpaired) electrons. The smallest absolute Gasteiger partial charge is 0.293 e. The number of imide groups is 1. The Bertz CT molecular complexity index is 1430. The second-order valence-electron chi connectivity index (χ2n) is 8.04. The van der Waals surface area contributed by atoms with Gasteiger partial charge < -0.3 is 4.57 Å². The molecule has 0 spiro atoms. The molecule has 33 heavy (non-hydrogen) atoms. The van der Waals surface area contributed by atoms with Crippen molar-refractivity contribution < 1.29 is 9.59 Å². The lowest BCUT2D eigenvalue weighted by atomic mass is 10.0. The fraction of sp³-hybridized carbons (Fsp3) is 0.111. The van der Waals surface area contributed by atoms with Crippen molar-refractivity contribution in [3.05, 3.63) is 105 Å². The summed E-state index contributed by atoms with van der Waals surface area (Å²) in [5.74, 6) is -0.255. The number of aromatic nitrogens is 1. The van der Waals surface area contributed by atoms with Gasteiger partial charge in [0.15, 0.2) is 0 Å². The molecule has 0 unspecified atom stereocenters. The fourth-order valence-electron chi connectivity index (χ4n) is 4.30. The number of rotatable bonds is 4. The summed E-state index contributed by atoms with van der Waals surface area (Å²) in [5, 5.41) is 2.58. The largest absolute Gasteiger partial charge is 0.318 e. The lowest BCUT2D eigenvalue weighted by molar-refractivity contribution is -0.123. The molecule has 1 saturated heterocycles. The molecule has 1 aromatic heterocycles. The Balaban J connectivity index is 1.45. The van der Waals surface area contributed by atoms with Gasteiger partial charge in [0.2, 0.25) is 0 Å². The standard InChI is InChI=1S/C27H21ClN2O2S/c1-17-14-21(18(2)30(17)23-12-10-22(28)11-13-23)15-25-26(31)29(27(32)33-25)16-20-8-5-7-19-6-3-4-9-24(19)20/h3-15H,16H2,1-2H3/b25-15-. The first kappa shape index (κ1) is 21.6. The number of hydrogen-bond donors (Lipinski definition) is 0. The van der Waals surface area contributed by atoms with E-state index < -0.39 is 0 Å². The van der Waals surface area contributed by atoms with Crippen LogP contribution in [0.4, 0.5) is 4.79 Å². The topological polar surface area (TPSA) is 42.3 Å². The number of benzene rings is 3. The van der Waals surface area contributed by atoms with E-state index >= 15 is 0 Å². The highest BCUT2D eigenvalue weighted by atomic mass is 35.5. The molecule has 0 N–H and O–H groups in total. The van der Waals surface area contributed by atoms with Crippen LogP contribution in [0.2, 0.25) is 5.02 Å². The van der Waals surface area contributed by atoms with Crippen LogP contribution in [0.15, 0.2) is 77.7 Å². The highest BCUT2D eigenvalue weighted by Crippen LogP contribution is 2.35. The van der Waals surface area contributed by atoms with E-state index in [1.54, 1.807) is 0 Å². The van der Waals surface area contributed by atoms with Gasteiger partial charge in [-0.3, -0.25) is 14.5 Å². The van der Waals surface area contributed by atoms with Gasteiger partial charge in [-0.15, -0.1) is 0 Å². The summed E-state index contributed by atoms with van der Waals surface area (Å²) in [6.45, 7) is 4.28. The molecular formula is C27H21ClN2O2S. The van der Waals surface area contributed by atoms with E-state index in [-0.39, 0.29) is 17.7 Å². The number of amides is 2. The number of hydrogen-bond acceptors (Lipinski definition) is 3. The minimum absolute atomic E-state index is 0.245. The van der Waals surface area contributed by atoms with Crippen LogP contribution < -0.4 is 0 Å². The Hall–Kier alpha value is -3.28. The van der Waals surface area contributed by atoms with Gasteiger partial charge in [-0.05, 0) is 83.9 Å². The number of aryl methyl sites for hydroxylation is 1. The van der Waals surface area contributed by atoms with Gasteiger partial charge in [-0.2, -0.15) is 0 Å². The predicted octanol–water partition coefficient (Wildman–Crippen LogP) is 7.14. The van der Waals surface area contributed by atoms with Gasteiger partial charge in [0.05, 0.1) is 11.4 Å². The van der Waals surface area contributed by atoms with Crippen molar-refractivity contribution in [3.8, 4) is 5.69 Å². The van der Waals surface area contributed by atoms with Crippen molar-refractivity contribution in [2.45, 2.75) is 20.4 Å². The zero-order chi connectivity index (χ0) is 23.1. The van der Waals surface area contributed by atoms with Crippen molar-refractivity contribution in [1.82, 2.24) is 9.47 Å². The van der Waals surface area contributed by atoms with Crippen molar-refractivity contribution in [2.24, 2.45) is 0 Å². The molecule has 0 atom stereocenters. The van der Waals surface area contributed by atoms with E-state index in [0.717, 1.165) is 50.7 Å². The van der Waals surface area contributed by atoms with Crippen molar-refractivity contribution in [1.29, 1.82) is 0 Å². The lowest BCUT2D eigenvalue weighted by Crippen LogP contribution is -2.27. The first-order chi connectivity index (χ1) is 15.9. The minimum Gasteiger partial charge on any atom is -0.318 e. The monoisotopic (exact) mass is 472 g/mol. The third kappa shape index (κ3) is 3.99. The molecule has 1 fully saturated rings. The molecule has 164 valence electrons. The number of thioether (sulfide) groups is 1. The molecule has 0 bridgehead atoms. The Morgan fingerprint density at radius 3 is 2.45 bits per heavy atom. The number of nitrogens with zero attached hydrogens (tertiary/aromatic N) is 2. The molecular weight excluding hydrogens is 452 g/mol. The summed E-state index contributed by atoms with van der Waals surface area (Å²) in [6, 6.07) is 23.6. The van der Waals surface area contributed by atoms with Gasteiger partial charge >= 0.3 is 0 Å². The molecule has 1 aliphatic heterocycles. The molecule has 4 nitrogen and oxygen atoms in total. The third-order valence-electron chi connectivity index (χ3n) is 5.92.